The number of hydrogen-bond donors (Lipinski definition) is 1. The molecule has 0 aliphatic heterocycles. The van der Waals surface area contributed by atoms with E-state index in [1.54, 1.807) is 12.1 Å². The Morgan fingerprint density at radius 3 is 2.65 bits per heavy atom. The molecule has 0 unspecified atom stereocenters. The lowest BCUT2D eigenvalue weighted by molar-refractivity contribution is 0.611. The second-order valence-electron chi connectivity index (χ2n) is 5.06. The van der Waals surface area contributed by atoms with Gasteiger partial charge in [-0.05, 0) is 25.0 Å². The van der Waals surface area contributed by atoms with E-state index in [-0.39, 0.29) is 5.82 Å². The molecule has 0 aliphatic rings. The molecule has 0 saturated heterocycles. The summed E-state index contributed by atoms with van der Waals surface area (Å²) in [7, 11) is 0. The van der Waals surface area contributed by atoms with Crippen molar-refractivity contribution in [1.82, 2.24) is 9.97 Å². The molecule has 0 radical (unpaired) electrons. The van der Waals surface area contributed by atoms with Crippen LogP contribution in [0.1, 0.15) is 42.4 Å². The lowest BCUT2D eigenvalue weighted by atomic mass is 10.0. The first-order valence-electron chi connectivity index (χ1n) is 6.42. The van der Waals surface area contributed by atoms with Crippen LogP contribution in [-0.4, -0.2) is 9.97 Å². The Bertz CT molecular complexity index is 675. The van der Waals surface area contributed by atoms with Crippen LogP contribution in [0.2, 0.25) is 5.02 Å². The van der Waals surface area contributed by atoms with Gasteiger partial charge in [0.25, 0.3) is 0 Å². The monoisotopic (exact) mass is 310 g/mol. The highest BCUT2D eigenvalue weighted by molar-refractivity contribution is 7.71. The minimum atomic E-state index is -0.329. The van der Waals surface area contributed by atoms with E-state index < -0.39 is 0 Å². The molecule has 0 bridgehead atoms. The molecular formula is C15H16ClFN2S. The fourth-order valence-corrected chi connectivity index (χ4v) is 3.02. The van der Waals surface area contributed by atoms with Crippen molar-refractivity contribution in [3.05, 3.63) is 56.3 Å². The summed E-state index contributed by atoms with van der Waals surface area (Å²) in [6.45, 7) is 6.10. The smallest absolute Gasteiger partial charge is 0.133 e. The van der Waals surface area contributed by atoms with E-state index in [1.807, 2.05) is 6.92 Å². The Morgan fingerprint density at radius 2 is 2.10 bits per heavy atom. The second kappa shape index (κ2) is 6.02. The molecule has 0 aliphatic carbocycles. The zero-order chi connectivity index (χ0) is 14.9. The maximum atomic E-state index is 13.8. The summed E-state index contributed by atoms with van der Waals surface area (Å²) in [5, 5.41) is 0.400. The number of hydrogen-bond acceptors (Lipinski definition) is 2. The number of rotatable bonds is 3. The van der Waals surface area contributed by atoms with Gasteiger partial charge in [-0.25, -0.2) is 9.37 Å². The van der Waals surface area contributed by atoms with Crippen LogP contribution in [0, 0.1) is 17.4 Å². The lowest BCUT2D eigenvalue weighted by Gasteiger charge is -2.12. The van der Waals surface area contributed by atoms with Crippen LogP contribution in [0.25, 0.3) is 0 Å². The number of H-pyrrole nitrogens is 1. The van der Waals surface area contributed by atoms with Gasteiger partial charge in [0.05, 0.1) is 0 Å². The highest BCUT2D eigenvalue weighted by Crippen LogP contribution is 2.23. The first-order valence-corrected chi connectivity index (χ1v) is 7.21. The van der Waals surface area contributed by atoms with E-state index in [1.165, 1.54) is 6.07 Å². The number of aromatic nitrogens is 2. The van der Waals surface area contributed by atoms with Crippen molar-refractivity contribution in [3.63, 3.8) is 0 Å². The standard InChI is InChI=1S/C15H16ClFN2S/c1-8(2)14-9(3)18-13(19-15(14)20)7-10-11(16)5-4-6-12(10)17/h4-6,8H,7H2,1-3H3,(H,18,19,20). The minimum absolute atomic E-state index is 0.300. The quantitative estimate of drug-likeness (QED) is 0.812. The molecule has 0 spiro atoms. The van der Waals surface area contributed by atoms with Crippen molar-refractivity contribution in [2.75, 3.05) is 0 Å². The zero-order valence-corrected chi connectivity index (χ0v) is 13.2. The third-order valence-electron chi connectivity index (χ3n) is 3.19. The molecule has 1 aromatic carbocycles. The SMILES string of the molecule is Cc1[nH]c(Cc2c(F)cccc2Cl)nc(=S)c1C(C)C. The highest BCUT2D eigenvalue weighted by atomic mass is 35.5. The first-order chi connectivity index (χ1) is 9.40. The number of nitrogens with one attached hydrogen (secondary N) is 1. The normalized spacial score (nSPS) is 11.1. The molecule has 0 saturated carbocycles. The van der Waals surface area contributed by atoms with E-state index in [0.29, 0.717) is 33.4 Å². The van der Waals surface area contributed by atoms with Crippen molar-refractivity contribution >= 4 is 23.8 Å². The number of nitrogens with zero attached hydrogens (tertiary/aromatic N) is 1. The summed E-state index contributed by atoms with van der Waals surface area (Å²) in [4.78, 5) is 7.56. The topological polar surface area (TPSA) is 28.7 Å². The third-order valence-corrected chi connectivity index (χ3v) is 3.85. The van der Waals surface area contributed by atoms with Gasteiger partial charge in [0.2, 0.25) is 0 Å². The summed E-state index contributed by atoms with van der Waals surface area (Å²) < 4.78 is 14.4. The fourth-order valence-electron chi connectivity index (χ4n) is 2.29. The predicted octanol–water partition coefficient (Wildman–Crippen LogP) is 4.95. The Morgan fingerprint density at radius 1 is 1.40 bits per heavy atom. The van der Waals surface area contributed by atoms with Gasteiger partial charge in [-0.3, -0.25) is 0 Å². The molecule has 20 heavy (non-hydrogen) atoms. The molecule has 0 fully saturated rings. The summed E-state index contributed by atoms with van der Waals surface area (Å²) in [5.41, 5.74) is 2.44. The van der Waals surface area contributed by atoms with E-state index in [9.17, 15) is 4.39 Å². The molecule has 0 amide bonds. The fraction of sp³-hybridized carbons (Fsp3) is 0.333. The summed E-state index contributed by atoms with van der Waals surface area (Å²) >= 11 is 11.4. The summed E-state index contributed by atoms with van der Waals surface area (Å²) in [5.74, 6) is 0.602. The van der Waals surface area contributed by atoms with Gasteiger partial charge in [0.1, 0.15) is 16.3 Å². The molecule has 1 aromatic heterocycles. The van der Waals surface area contributed by atoms with Gasteiger partial charge in [-0.15, -0.1) is 0 Å². The van der Waals surface area contributed by atoms with E-state index in [0.717, 1.165) is 11.3 Å². The lowest BCUT2D eigenvalue weighted by Crippen LogP contribution is -2.06. The van der Waals surface area contributed by atoms with Crippen LogP contribution in [0.3, 0.4) is 0 Å². The maximum absolute atomic E-state index is 13.8. The van der Waals surface area contributed by atoms with Crippen LogP contribution < -0.4 is 0 Å². The number of halogens is 2. The van der Waals surface area contributed by atoms with Crippen molar-refractivity contribution in [2.45, 2.75) is 33.1 Å². The van der Waals surface area contributed by atoms with Crippen LogP contribution in [0.5, 0.6) is 0 Å². The molecule has 106 valence electrons. The van der Waals surface area contributed by atoms with Gasteiger partial charge in [-0.2, -0.15) is 0 Å². The van der Waals surface area contributed by atoms with Crippen LogP contribution >= 0.6 is 23.8 Å². The summed E-state index contributed by atoms with van der Waals surface area (Å²) in [6.07, 6.45) is 0.300. The number of benzene rings is 1. The van der Waals surface area contributed by atoms with Gasteiger partial charge in [0.15, 0.2) is 0 Å². The highest BCUT2D eigenvalue weighted by Gasteiger charge is 2.12. The van der Waals surface area contributed by atoms with Gasteiger partial charge in [0, 0.05) is 28.3 Å². The Labute approximate surface area is 128 Å². The Balaban J connectivity index is 2.43. The van der Waals surface area contributed by atoms with E-state index in [4.69, 9.17) is 23.8 Å². The van der Waals surface area contributed by atoms with Crippen molar-refractivity contribution in [2.24, 2.45) is 0 Å². The zero-order valence-electron chi connectivity index (χ0n) is 11.6. The molecule has 1 heterocycles. The average Bonchev–Trinajstić information content (AvgIpc) is 2.32. The second-order valence-corrected chi connectivity index (χ2v) is 5.85. The van der Waals surface area contributed by atoms with Gasteiger partial charge in [-0.1, -0.05) is 43.7 Å². The van der Waals surface area contributed by atoms with Gasteiger partial charge < -0.3 is 4.98 Å². The average molecular weight is 311 g/mol. The molecule has 1 N–H and O–H groups in total. The van der Waals surface area contributed by atoms with E-state index >= 15 is 0 Å². The Hall–Kier alpha value is -1.26. The van der Waals surface area contributed by atoms with Crippen LogP contribution in [-0.2, 0) is 6.42 Å². The predicted molar refractivity (Wildman–Crippen MR) is 82.5 cm³/mol. The molecule has 2 nitrogen and oxygen atoms in total. The Kier molecular flexibility index (Phi) is 4.55. The van der Waals surface area contributed by atoms with Crippen molar-refractivity contribution in [3.8, 4) is 0 Å². The van der Waals surface area contributed by atoms with Crippen molar-refractivity contribution in [1.29, 1.82) is 0 Å². The van der Waals surface area contributed by atoms with Crippen molar-refractivity contribution < 1.29 is 4.39 Å². The molecule has 0 atom stereocenters. The number of aryl methyl sites for hydroxylation is 1. The first kappa shape index (κ1) is 15.1. The van der Waals surface area contributed by atoms with Crippen LogP contribution in [0.15, 0.2) is 18.2 Å². The molecule has 2 aromatic rings. The van der Waals surface area contributed by atoms with E-state index in [2.05, 4.69) is 23.8 Å². The molecular weight excluding hydrogens is 295 g/mol. The minimum Gasteiger partial charge on any atom is -0.347 e. The summed E-state index contributed by atoms with van der Waals surface area (Å²) in [6, 6.07) is 4.65. The molecule has 5 heteroatoms. The molecule has 2 rings (SSSR count). The van der Waals surface area contributed by atoms with Crippen LogP contribution in [0.4, 0.5) is 4.39 Å². The number of aromatic amines is 1. The third kappa shape index (κ3) is 3.07. The van der Waals surface area contributed by atoms with Gasteiger partial charge >= 0.3 is 0 Å². The maximum Gasteiger partial charge on any atom is 0.133 e. The largest absolute Gasteiger partial charge is 0.347 e.